The Balaban J connectivity index is 3.42. The molecular formula is C7H12O2. The fraction of sp³-hybridized carbons (Fsp3) is 0.571. The Hall–Kier alpha value is -0.790. The van der Waals surface area contributed by atoms with Crippen molar-refractivity contribution in [2.45, 2.75) is 20.3 Å². The standard InChI is InChI=1S/C7H12O2/c1-3-9-6-7(2)4-5-8/h5-6H,3-4H2,1-2H3/b7-6-. The van der Waals surface area contributed by atoms with Crippen LogP contribution in [0.25, 0.3) is 0 Å². The van der Waals surface area contributed by atoms with E-state index >= 15 is 0 Å². The van der Waals surface area contributed by atoms with Gasteiger partial charge >= 0.3 is 0 Å². The van der Waals surface area contributed by atoms with Crippen molar-refractivity contribution in [2.75, 3.05) is 6.61 Å². The van der Waals surface area contributed by atoms with Crippen LogP contribution >= 0.6 is 0 Å². The molecule has 0 amide bonds. The molecule has 9 heavy (non-hydrogen) atoms. The maximum atomic E-state index is 9.88. The molecular weight excluding hydrogens is 116 g/mol. The second-order valence-electron chi connectivity index (χ2n) is 1.79. The smallest absolute Gasteiger partial charge is 0.124 e. The molecule has 2 heteroatoms. The maximum Gasteiger partial charge on any atom is 0.124 e. The van der Waals surface area contributed by atoms with Crippen molar-refractivity contribution in [1.29, 1.82) is 0 Å². The second-order valence-corrected chi connectivity index (χ2v) is 1.79. The van der Waals surface area contributed by atoms with Gasteiger partial charge in [-0.25, -0.2) is 0 Å². The van der Waals surface area contributed by atoms with Gasteiger partial charge in [0.25, 0.3) is 0 Å². The zero-order valence-corrected chi connectivity index (χ0v) is 5.89. The van der Waals surface area contributed by atoms with Crippen LogP contribution in [0.3, 0.4) is 0 Å². The van der Waals surface area contributed by atoms with E-state index in [1.807, 2.05) is 13.8 Å². The molecule has 0 rings (SSSR count). The Morgan fingerprint density at radius 2 is 2.33 bits per heavy atom. The molecule has 0 unspecified atom stereocenters. The number of carbonyl (C=O) groups is 1. The van der Waals surface area contributed by atoms with Gasteiger partial charge in [-0.15, -0.1) is 0 Å². The first-order valence-corrected chi connectivity index (χ1v) is 3.02. The average Bonchev–Trinajstić information content (AvgIpc) is 1.85. The highest BCUT2D eigenvalue weighted by molar-refractivity contribution is 5.53. The summed E-state index contributed by atoms with van der Waals surface area (Å²) in [6.07, 6.45) is 2.96. The van der Waals surface area contributed by atoms with E-state index in [1.165, 1.54) is 0 Å². The highest BCUT2D eigenvalue weighted by Crippen LogP contribution is 1.95. The molecule has 0 saturated heterocycles. The second kappa shape index (κ2) is 5.35. The number of allylic oxidation sites excluding steroid dienone is 1. The summed E-state index contributed by atoms with van der Waals surface area (Å²) in [6.45, 7) is 4.44. The van der Waals surface area contributed by atoms with Gasteiger partial charge in [0.05, 0.1) is 12.9 Å². The summed E-state index contributed by atoms with van der Waals surface area (Å²) in [5.41, 5.74) is 0.965. The lowest BCUT2D eigenvalue weighted by atomic mass is 10.3. The molecule has 0 aliphatic heterocycles. The van der Waals surface area contributed by atoms with Crippen molar-refractivity contribution < 1.29 is 9.53 Å². The molecule has 0 atom stereocenters. The lowest BCUT2D eigenvalue weighted by Gasteiger charge is -1.94. The Morgan fingerprint density at radius 3 is 2.78 bits per heavy atom. The molecule has 0 spiro atoms. The fourth-order valence-electron chi connectivity index (χ4n) is 0.405. The van der Waals surface area contributed by atoms with E-state index in [-0.39, 0.29) is 0 Å². The molecule has 0 heterocycles. The molecule has 0 fully saturated rings. The number of hydrogen-bond acceptors (Lipinski definition) is 2. The van der Waals surface area contributed by atoms with Crippen molar-refractivity contribution >= 4 is 6.29 Å². The summed E-state index contributed by atoms with van der Waals surface area (Å²) >= 11 is 0. The molecule has 0 radical (unpaired) electrons. The van der Waals surface area contributed by atoms with Crippen LogP contribution in [0, 0.1) is 0 Å². The molecule has 0 saturated carbocycles. The molecule has 0 aliphatic rings. The first kappa shape index (κ1) is 8.21. The summed E-state index contributed by atoms with van der Waals surface area (Å²) < 4.78 is 4.93. The van der Waals surface area contributed by atoms with Crippen LogP contribution in [0.1, 0.15) is 20.3 Å². The van der Waals surface area contributed by atoms with Gasteiger partial charge in [0, 0.05) is 6.42 Å². The van der Waals surface area contributed by atoms with Gasteiger partial charge < -0.3 is 9.53 Å². The van der Waals surface area contributed by atoms with E-state index in [9.17, 15) is 4.79 Å². The lowest BCUT2D eigenvalue weighted by Crippen LogP contribution is -1.82. The third kappa shape index (κ3) is 5.07. The summed E-state index contributed by atoms with van der Waals surface area (Å²) in [5, 5.41) is 0. The van der Waals surface area contributed by atoms with Crippen LogP contribution < -0.4 is 0 Å². The SMILES string of the molecule is CCO/C=C(/C)CC=O. The van der Waals surface area contributed by atoms with Gasteiger partial charge in [0.1, 0.15) is 6.29 Å². The highest BCUT2D eigenvalue weighted by atomic mass is 16.5. The minimum atomic E-state index is 0.472. The van der Waals surface area contributed by atoms with Crippen molar-refractivity contribution in [3.8, 4) is 0 Å². The first-order chi connectivity index (χ1) is 4.31. The average molecular weight is 128 g/mol. The number of rotatable bonds is 4. The zero-order valence-electron chi connectivity index (χ0n) is 5.89. The van der Waals surface area contributed by atoms with E-state index in [1.54, 1.807) is 6.26 Å². The third-order valence-corrected chi connectivity index (χ3v) is 0.856. The minimum Gasteiger partial charge on any atom is -0.502 e. The molecule has 0 bridgehead atoms. The van der Waals surface area contributed by atoms with Gasteiger partial charge in [-0.3, -0.25) is 0 Å². The van der Waals surface area contributed by atoms with E-state index in [2.05, 4.69) is 0 Å². The maximum absolute atomic E-state index is 9.88. The molecule has 0 aliphatic carbocycles. The van der Waals surface area contributed by atoms with Gasteiger partial charge in [-0.2, -0.15) is 0 Å². The van der Waals surface area contributed by atoms with Crippen LogP contribution in [-0.4, -0.2) is 12.9 Å². The quantitative estimate of drug-likeness (QED) is 0.424. The Morgan fingerprint density at radius 1 is 1.67 bits per heavy atom. The number of hydrogen-bond donors (Lipinski definition) is 0. The summed E-state index contributed by atoms with van der Waals surface area (Å²) in [6, 6.07) is 0. The van der Waals surface area contributed by atoms with Crippen LogP contribution in [-0.2, 0) is 9.53 Å². The molecule has 0 aromatic carbocycles. The first-order valence-electron chi connectivity index (χ1n) is 3.02. The van der Waals surface area contributed by atoms with Gasteiger partial charge in [0.15, 0.2) is 0 Å². The van der Waals surface area contributed by atoms with Crippen LogP contribution in [0.15, 0.2) is 11.8 Å². The van der Waals surface area contributed by atoms with Crippen molar-refractivity contribution in [2.24, 2.45) is 0 Å². The Kier molecular flexibility index (Phi) is 4.88. The van der Waals surface area contributed by atoms with Gasteiger partial charge in [-0.1, -0.05) is 0 Å². The summed E-state index contributed by atoms with van der Waals surface area (Å²) in [7, 11) is 0. The van der Waals surface area contributed by atoms with Crippen LogP contribution in [0.5, 0.6) is 0 Å². The Bertz CT molecular complexity index is 105. The summed E-state index contributed by atoms with van der Waals surface area (Å²) in [5.74, 6) is 0. The van der Waals surface area contributed by atoms with E-state index in [0.717, 1.165) is 11.9 Å². The Labute approximate surface area is 55.5 Å². The molecule has 0 aromatic rings. The molecule has 0 aromatic heterocycles. The fourth-order valence-corrected chi connectivity index (χ4v) is 0.405. The van der Waals surface area contributed by atoms with Crippen molar-refractivity contribution in [3.05, 3.63) is 11.8 Å². The zero-order chi connectivity index (χ0) is 7.11. The number of aldehydes is 1. The van der Waals surface area contributed by atoms with Crippen LogP contribution in [0.4, 0.5) is 0 Å². The third-order valence-electron chi connectivity index (χ3n) is 0.856. The molecule has 52 valence electrons. The van der Waals surface area contributed by atoms with E-state index in [0.29, 0.717) is 13.0 Å². The predicted molar refractivity (Wildman–Crippen MR) is 36.1 cm³/mol. The topological polar surface area (TPSA) is 26.3 Å². The van der Waals surface area contributed by atoms with Gasteiger partial charge in [-0.05, 0) is 19.4 Å². The molecule has 0 N–H and O–H groups in total. The lowest BCUT2D eigenvalue weighted by molar-refractivity contribution is -0.107. The van der Waals surface area contributed by atoms with E-state index < -0.39 is 0 Å². The minimum absolute atomic E-state index is 0.472. The normalized spacial score (nSPS) is 11.1. The predicted octanol–water partition coefficient (Wildman–Crippen LogP) is 1.52. The van der Waals surface area contributed by atoms with E-state index in [4.69, 9.17) is 4.74 Å². The van der Waals surface area contributed by atoms with Crippen molar-refractivity contribution in [1.82, 2.24) is 0 Å². The molecule has 2 nitrogen and oxygen atoms in total. The van der Waals surface area contributed by atoms with Crippen molar-refractivity contribution in [3.63, 3.8) is 0 Å². The number of ether oxygens (including phenoxy) is 1. The summed E-state index contributed by atoms with van der Waals surface area (Å²) in [4.78, 5) is 9.88. The highest BCUT2D eigenvalue weighted by Gasteiger charge is 1.84. The monoisotopic (exact) mass is 128 g/mol. The van der Waals surface area contributed by atoms with Gasteiger partial charge in [0.2, 0.25) is 0 Å². The van der Waals surface area contributed by atoms with Crippen LogP contribution in [0.2, 0.25) is 0 Å². The largest absolute Gasteiger partial charge is 0.502 e. The number of carbonyl (C=O) groups excluding carboxylic acids is 1.